The molecular weight excluding hydrogens is 354 g/mol. The molecule has 8 heteroatoms. The average Bonchev–Trinajstić information content (AvgIpc) is 3.17. The zero-order valence-electron chi connectivity index (χ0n) is 16.8. The van der Waals surface area contributed by atoms with Crippen molar-refractivity contribution < 1.29 is 4.74 Å². The van der Waals surface area contributed by atoms with E-state index in [1.54, 1.807) is 13.3 Å². The number of nitrogen functional groups attached to an aromatic ring is 1. The number of benzene rings is 1. The van der Waals surface area contributed by atoms with E-state index in [0.29, 0.717) is 12.4 Å². The third-order valence-electron chi connectivity index (χ3n) is 4.59. The van der Waals surface area contributed by atoms with Crippen molar-refractivity contribution in [2.24, 2.45) is 0 Å². The molecule has 1 aromatic carbocycles. The summed E-state index contributed by atoms with van der Waals surface area (Å²) in [4.78, 5) is 10.8. The summed E-state index contributed by atoms with van der Waals surface area (Å²) < 4.78 is 7.38. The Morgan fingerprint density at radius 1 is 1.25 bits per heavy atom. The van der Waals surface area contributed by atoms with Crippen LogP contribution in [0.2, 0.25) is 0 Å². The Morgan fingerprint density at radius 2 is 2.04 bits per heavy atom. The van der Waals surface area contributed by atoms with Crippen molar-refractivity contribution in [2.75, 3.05) is 38.8 Å². The lowest BCUT2D eigenvalue weighted by atomic mass is 10.0. The van der Waals surface area contributed by atoms with Gasteiger partial charge in [-0.25, -0.2) is 4.98 Å². The van der Waals surface area contributed by atoms with Crippen LogP contribution in [-0.2, 0) is 6.54 Å². The molecular formula is C20H27N7O. The van der Waals surface area contributed by atoms with E-state index in [2.05, 4.69) is 31.3 Å². The monoisotopic (exact) mass is 381 g/mol. The molecule has 3 rings (SSSR count). The highest BCUT2D eigenvalue weighted by Crippen LogP contribution is 2.28. The quantitative estimate of drug-likeness (QED) is 0.619. The highest BCUT2D eigenvalue weighted by atomic mass is 16.5. The second-order valence-electron chi connectivity index (χ2n) is 6.68. The number of likely N-dealkylation sites (N-methyl/N-ethyl adjacent to an activating group) is 1. The summed E-state index contributed by atoms with van der Waals surface area (Å²) in [6, 6.07) is 10.0. The minimum atomic E-state index is 0.0960. The van der Waals surface area contributed by atoms with Gasteiger partial charge in [0, 0.05) is 36.5 Å². The Kier molecular flexibility index (Phi) is 6.10. The molecule has 0 saturated heterocycles. The number of methoxy groups -OCH3 is 1. The molecule has 0 bridgehead atoms. The Bertz CT molecular complexity index is 922. The molecule has 0 amide bonds. The van der Waals surface area contributed by atoms with Gasteiger partial charge in [-0.1, -0.05) is 18.2 Å². The number of nitrogens with zero attached hydrogens (tertiary/aromatic N) is 5. The Balaban J connectivity index is 1.82. The van der Waals surface area contributed by atoms with E-state index in [-0.39, 0.29) is 12.0 Å². The molecule has 0 fully saturated rings. The Morgan fingerprint density at radius 3 is 2.71 bits per heavy atom. The van der Waals surface area contributed by atoms with Crippen LogP contribution in [0.15, 0.2) is 42.7 Å². The van der Waals surface area contributed by atoms with Gasteiger partial charge < -0.3 is 20.7 Å². The molecule has 2 aromatic heterocycles. The maximum atomic E-state index is 5.94. The topological polar surface area (TPSA) is 94.1 Å². The maximum absolute atomic E-state index is 5.94. The molecule has 0 unspecified atom stereocenters. The van der Waals surface area contributed by atoms with Gasteiger partial charge in [0.1, 0.15) is 11.6 Å². The molecule has 3 N–H and O–H groups in total. The molecule has 0 aliphatic rings. The zero-order chi connectivity index (χ0) is 20.1. The lowest BCUT2D eigenvalue weighted by Crippen LogP contribution is -2.27. The first-order valence-corrected chi connectivity index (χ1v) is 9.22. The van der Waals surface area contributed by atoms with Gasteiger partial charge in [-0.3, -0.25) is 4.68 Å². The van der Waals surface area contributed by atoms with Crippen LogP contribution in [-0.4, -0.2) is 52.4 Å². The normalized spacial score (nSPS) is 12.2. The van der Waals surface area contributed by atoms with Crippen LogP contribution in [0.25, 0.3) is 11.3 Å². The van der Waals surface area contributed by atoms with Gasteiger partial charge in [0.15, 0.2) is 0 Å². The summed E-state index contributed by atoms with van der Waals surface area (Å²) in [6.07, 6.45) is 3.73. The van der Waals surface area contributed by atoms with E-state index < -0.39 is 0 Å². The molecule has 0 spiro atoms. The second-order valence-corrected chi connectivity index (χ2v) is 6.68. The van der Waals surface area contributed by atoms with E-state index in [1.807, 2.05) is 56.2 Å². The standard InChI is InChI=1S/C20H27N7O/c1-5-27-13-14(11-23-27)16-10-19(25-20(21)24-16)22-12-17(26(2)3)15-8-6-7-9-18(15)28-4/h6-11,13,17H,5,12H2,1-4H3,(H3,21,22,24,25)/t17-/m1/s1. The predicted molar refractivity (Wildman–Crippen MR) is 111 cm³/mol. The molecule has 8 nitrogen and oxygen atoms in total. The summed E-state index contributed by atoms with van der Waals surface area (Å²) >= 11 is 0. The van der Waals surface area contributed by atoms with Crippen molar-refractivity contribution in [3.8, 4) is 17.0 Å². The van der Waals surface area contributed by atoms with Crippen molar-refractivity contribution in [1.82, 2.24) is 24.6 Å². The van der Waals surface area contributed by atoms with Crippen molar-refractivity contribution in [2.45, 2.75) is 19.5 Å². The summed E-state index contributed by atoms with van der Waals surface area (Å²) in [5, 5.41) is 7.69. The first-order valence-electron chi connectivity index (χ1n) is 9.22. The number of nitrogens with two attached hydrogens (primary N) is 1. The predicted octanol–water partition coefficient (Wildman–Crippen LogP) is 2.67. The van der Waals surface area contributed by atoms with Crippen molar-refractivity contribution in [3.05, 3.63) is 48.3 Å². The highest BCUT2D eigenvalue weighted by molar-refractivity contribution is 5.62. The van der Waals surface area contributed by atoms with Crippen LogP contribution >= 0.6 is 0 Å². The molecule has 0 aliphatic heterocycles. The summed E-state index contributed by atoms with van der Waals surface area (Å²) in [5.74, 6) is 1.76. The maximum Gasteiger partial charge on any atom is 0.222 e. The van der Waals surface area contributed by atoms with Gasteiger partial charge in [0.2, 0.25) is 5.95 Å². The third-order valence-corrected chi connectivity index (χ3v) is 4.59. The molecule has 0 radical (unpaired) electrons. The summed E-state index contributed by atoms with van der Waals surface area (Å²) in [7, 11) is 5.77. The number of hydrogen-bond acceptors (Lipinski definition) is 7. The zero-order valence-corrected chi connectivity index (χ0v) is 16.8. The first-order chi connectivity index (χ1) is 13.5. The largest absolute Gasteiger partial charge is 0.496 e. The van der Waals surface area contributed by atoms with Crippen LogP contribution in [0.5, 0.6) is 5.75 Å². The molecule has 3 aromatic rings. The minimum Gasteiger partial charge on any atom is -0.496 e. The van der Waals surface area contributed by atoms with E-state index in [4.69, 9.17) is 10.5 Å². The summed E-state index contributed by atoms with van der Waals surface area (Å²) in [6.45, 7) is 3.48. The third kappa shape index (κ3) is 4.40. The van der Waals surface area contributed by atoms with Crippen LogP contribution in [0.4, 0.5) is 11.8 Å². The summed E-state index contributed by atoms with van der Waals surface area (Å²) in [5.41, 5.74) is 8.70. The van der Waals surface area contributed by atoms with Gasteiger partial charge in [0.25, 0.3) is 0 Å². The molecule has 0 aliphatic carbocycles. The molecule has 28 heavy (non-hydrogen) atoms. The highest BCUT2D eigenvalue weighted by Gasteiger charge is 2.18. The number of hydrogen-bond donors (Lipinski definition) is 2. The SMILES string of the molecule is CCn1cc(-c2cc(NC[C@H](c3ccccc3OC)N(C)C)nc(N)n2)cn1. The smallest absolute Gasteiger partial charge is 0.222 e. The first kappa shape index (κ1) is 19.6. The van der Waals surface area contributed by atoms with E-state index in [1.165, 1.54) is 0 Å². The molecule has 148 valence electrons. The van der Waals surface area contributed by atoms with E-state index in [0.717, 1.165) is 29.1 Å². The minimum absolute atomic E-state index is 0.0960. The van der Waals surface area contributed by atoms with Gasteiger partial charge in [-0.2, -0.15) is 10.1 Å². The van der Waals surface area contributed by atoms with Crippen LogP contribution < -0.4 is 15.8 Å². The number of aryl methyl sites for hydroxylation is 1. The van der Waals surface area contributed by atoms with Crippen LogP contribution in [0, 0.1) is 0 Å². The van der Waals surface area contributed by atoms with E-state index >= 15 is 0 Å². The Hall–Kier alpha value is -3.13. The second kappa shape index (κ2) is 8.71. The number of nitrogens with one attached hydrogen (secondary N) is 1. The number of aromatic nitrogens is 4. The van der Waals surface area contributed by atoms with Crippen LogP contribution in [0.1, 0.15) is 18.5 Å². The number of para-hydroxylation sites is 1. The van der Waals surface area contributed by atoms with Gasteiger partial charge in [0.05, 0.1) is 25.0 Å². The number of rotatable bonds is 8. The van der Waals surface area contributed by atoms with Crippen molar-refractivity contribution in [1.29, 1.82) is 0 Å². The average molecular weight is 381 g/mol. The molecule has 2 heterocycles. The number of anilines is 2. The lowest BCUT2D eigenvalue weighted by molar-refractivity contribution is 0.300. The Labute approximate surface area is 165 Å². The van der Waals surface area contributed by atoms with Crippen molar-refractivity contribution >= 4 is 11.8 Å². The lowest BCUT2D eigenvalue weighted by Gasteiger charge is -2.26. The van der Waals surface area contributed by atoms with Gasteiger partial charge in [-0.15, -0.1) is 0 Å². The van der Waals surface area contributed by atoms with Crippen molar-refractivity contribution in [3.63, 3.8) is 0 Å². The molecule has 1 atom stereocenters. The van der Waals surface area contributed by atoms with Gasteiger partial charge >= 0.3 is 0 Å². The van der Waals surface area contributed by atoms with Crippen LogP contribution in [0.3, 0.4) is 0 Å². The molecule has 0 saturated carbocycles. The fourth-order valence-corrected chi connectivity index (χ4v) is 3.09. The van der Waals surface area contributed by atoms with Gasteiger partial charge in [-0.05, 0) is 27.1 Å². The van der Waals surface area contributed by atoms with E-state index in [9.17, 15) is 0 Å². The fourth-order valence-electron chi connectivity index (χ4n) is 3.09. The fraction of sp³-hybridized carbons (Fsp3) is 0.350. The number of ether oxygens (including phenoxy) is 1.